The van der Waals surface area contributed by atoms with E-state index in [4.69, 9.17) is 4.74 Å². The summed E-state index contributed by atoms with van der Waals surface area (Å²) in [5, 5.41) is 3.44. The minimum atomic E-state index is 0.342. The lowest BCUT2D eigenvalue weighted by Gasteiger charge is -2.36. The van der Waals surface area contributed by atoms with Gasteiger partial charge >= 0.3 is 0 Å². The summed E-state index contributed by atoms with van der Waals surface area (Å²) in [5.74, 6) is 0. The van der Waals surface area contributed by atoms with Crippen molar-refractivity contribution in [3.63, 3.8) is 0 Å². The molecule has 90 valence electrons. The topological polar surface area (TPSA) is 24.5 Å². The van der Waals surface area contributed by atoms with Crippen LogP contribution in [0.1, 0.15) is 34.1 Å². The number of nitrogens with zero attached hydrogens (tertiary/aromatic N) is 1. The van der Waals surface area contributed by atoms with E-state index in [0.29, 0.717) is 18.2 Å². The van der Waals surface area contributed by atoms with Crippen LogP contribution in [-0.2, 0) is 4.74 Å². The zero-order valence-electron chi connectivity index (χ0n) is 10.6. The Morgan fingerprint density at radius 2 is 2.20 bits per heavy atom. The predicted molar refractivity (Wildman–Crippen MR) is 64.2 cm³/mol. The van der Waals surface area contributed by atoms with E-state index in [1.807, 2.05) is 0 Å². The molecule has 3 heteroatoms. The molecule has 15 heavy (non-hydrogen) atoms. The number of nitrogens with one attached hydrogen (secondary N) is 1. The minimum Gasteiger partial charge on any atom is -0.377 e. The fourth-order valence-corrected chi connectivity index (χ4v) is 2.28. The number of hydrogen-bond acceptors (Lipinski definition) is 3. The Bertz CT molecular complexity index is 173. The summed E-state index contributed by atoms with van der Waals surface area (Å²) >= 11 is 0. The van der Waals surface area contributed by atoms with Crippen molar-refractivity contribution in [2.45, 2.75) is 52.3 Å². The van der Waals surface area contributed by atoms with Gasteiger partial charge in [-0.2, -0.15) is 0 Å². The van der Waals surface area contributed by atoms with Crippen LogP contribution >= 0.6 is 0 Å². The first-order valence-corrected chi connectivity index (χ1v) is 6.24. The third-order valence-electron chi connectivity index (χ3n) is 3.18. The van der Waals surface area contributed by atoms with Crippen molar-refractivity contribution < 1.29 is 4.74 Å². The van der Waals surface area contributed by atoms with Gasteiger partial charge in [-0.3, -0.25) is 4.90 Å². The third-order valence-corrected chi connectivity index (χ3v) is 3.18. The van der Waals surface area contributed by atoms with Gasteiger partial charge in [0.2, 0.25) is 0 Å². The molecule has 0 aromatic carbocycles. The van der Waals surface area contributed by atoms with Crippen LogP contribution in [0.25, 0.3) is 0 Å². The fourth-order valence-electron chi connectivity index (χ4n) is 2.28. The molecule has 3 nitrogen and oxygen atoms in total. The largest absolute Gasteiger partial charge is 0.377 e. The minimum absolute atomic E-state index is 0.342. The van der Waals surface area contributed by atoms with Crippen LogP contribution in [0.5, 0.6) is 0 Å². The summed E-state index contributed by atoms with van der Waals surface area (Å²) in [4.78, 5) is 2.57. The maximum absolute atomic E-state index is 5.81. The molecular weight excluding hydrogens is 188 g/mol. The van der Waals surface area contributed by atoms with Crippen molar-refractivity contribution in [1.82, 2.24) is 10.2 Å². The van der Waals surface area contributed by atoms with Crippen molar-refractivity contribution in [2.75, 3.05) is 26.2 Å². The summed E-state index contributed by atoms with van der Waals surface area (Å²) in [7, 11) is 0. The Labute approximate surface area is 94.2 Å². The van der Waals surface area contributed by atoms with Gasteiger partial charge in [0.1, 0.15) is 0 Å². The molecule has 1 heterocycles. The average molecular weight is 214 g/mol. The molecule has 2 unspecified atom stereocenters. The summed E-state index contributed by atoms with van der Waals surface area (Å²) < 4.78 is 5.81. The molecule has 0 saturated carbocycles. The van der Waals surface area contributed by atoms with Crippen molar-refractivity contribution in [3.8, 4) is 0 Å². The Balaban J connectivity index is 2.60. The van der Waals surface area contributed by atoms with Gasteiger partial charge in [0.05, 0.1) is 6.10 Å². The molecule has 1 N–H and O–H groups in total. The van der Waals surface area contributed by atoms with Crippen LogP contribution in [0.15, 0.2) is 0 Å². The molecule has 0 aromatic heterocycles. The second-order valence-corrected chi connectivity index (χ2v) is 4.64. The molecule has 0 amide bonds. The zero-order chi connectivity index (χ0) is 11.3. The number of rotatable bonds is 4. The molecule has 1 rings (SSSR count). The number of likely N-dealkylation sites (N-methyl/N-ethyl adjacent to an activating group) is 1. The molecule has 1 aliphatic rings. The number of hydrogen-bond donors (Lipinski definition) is 1. The number of ether oxygens (including phenoxy) is 1. The van der Waals surface area contributed by atoms with Crippen LogP contribution in [0.2, 0.25) is 0 Å². The normalized spacial score (nSPS) is 29.4. The van der Waals surface area contributed by atoms with Gasteiger partial charge in [-0.15, -0.1) is 0 Å². The van der Waals surface area contributed by atoms with Gasteiger partial charge in [0, 0.05) is 31.8 Å². The standard InChI is InChI=1S/C12H26N2O/c1-5-13-9-12-11(4)15-8-6-7-14(12)10(2)3/h10-13H,5-9H2,1-4H3. The highest BCUT2D eigenvalue weighted by Crippen LogP contribution is 2.16. The Morgan fingerprint density at radius 3 is 2.80 bits per heavy atom. The second-order valence-electron chi connectivity index (χ2n) is 4.64. The summed E-state index contributed by atoms with van der Waals surface area (Å²) in [6.45, 7) is 13.1. The summed E-state index contributed by atoms with van der Waals surface area (Å²) in [6, 6.07) is 1.13. The molecule has 0 spiro atoms. The molecule has 2 atom stereocenters. The molecule has 0 aliphatic carbocycles. The van der Waals surface area contributed by atoms with Crippen LogP contribution in [0.4, 0.5) is 0 Å². The van der Waals surface area contributed by atoms with E-state index in [-0.39, 0.29) is 0 Å². The lowest BCUT2D eigenvalue weighted by atomic mass is 10.1. The maximum Gasteiger partial charge on any atom is 0.0714 e. The van der Waals surface area contributed by atoms with Gasteiger partial charge in [-0.05, 0) is 33.7 Å². The van der Waals surface area contributed by atoms with E-state index in [1.54, 1.807) is 0 Å². The van der Waals surface area contributed by atoms with Crippen molar-refractivity contribution >= 4 is 0 Å². The first kappa shape index (κ1) is 12.9. The lowest BCUT2D eigenvalue weighted by molar-refractivity contribution is 0.0202. The van der Waals surface area contributed by atoms with Gasteiger partial charge in [-0.25, -0.2) is 0 Å². The highest BCUT2D eigenvalue weighted by atomic mass is 16.5. The van der Waals surface area contributed by atoms with Crippen molar-refractivity contribution in [2.24, 2.45) is 0 Å². The van der Waals surface area contributed by atoms with Crippen LogP contribution < -0.4 is 5.32 Å². The van der Waals surface area contributed by atoms with Gasteiger partial charge in [0.15, 0.2) is 0 Å². The van der Waals surface area contributed by atoms with Crippen molar-refractivity contribution in [3.05, 3.63) is 0 Å². The Kier molecular flexibility index (Phi) is 5.58. The lowest BCUT2D eigenvalue weighted by Crippen LogP contribution is -2.51. The molecular formula is C12H26N2O. The van der Waals surface area contributed by atoms with Gasteiger partial charge < -0.3 is 10.1 Å². The van der Waals surface area contributed by atoms with Crippen LogP contribution in [-0.4, -0.2) is 49.3 Å². The summed E-state index contributed by atoms with van der Waals surface area (Å²) in [5.41, 5.74) is 0. The molecule has 0 radical (unpaired) electrons. The van der Waals surface area contributed by atoms with E-state index in [0.717, 1.165) is 32.7 Å². The average Bonchev–Trinajstić information content (AvgIpc) is 2.37. The highest BCUT2D eigenvalue weighted by Gasteiger charge is 2.28. The zero-order valence-corrected chi connectivity index (χ0v) is 10.6. The van der Waals surface area contributed by atoms with E-state index in [9.17, 15) is 0 Å². The maximum atomic E-state index is 5.81. The molecule has 1 fully saturated rings. The van der Waals surface area contributed by atoms with Crippen LogP contribution in [0.3, 0.4) is 0 Å². The Morgan fingerprint density at radius 1 is 1.47 bits per heavy atom. The predicted octanol–water partition coefficient (Wildman–Crippen LogP) is 1.48. The second kappa shape index (κ2) is 6.46. The highest BCUT2D eigenvalue weighted by molar-refractivity contribution is 4.83. The van der Waals surface area contributed by atoms with Gasteiger partial charge in [0.25, 0.3) is 0 Å². The first-order valence-electron chi connectivity index (χ1n) is 6.24. The van der Waals surface area contributed by atoms with E-state index in [2.05, 4.69) is 37.9 Å². The molecule has 1 saturated heterocycles. The Hall–Kier alpha value is -0.120. The SMILES string of the molecule is CCNCC1C(C)OCCCN1C(C)C. The van der Waals surface area contributed by atoms with Crippen molar-refractivity contribution in [1.29, 1.82) is 0 Å². The summed E-state index contributed by atoms with van der Waals surface area (Å²) in [6.07, 6.45) is 1.50. The quantitative estimate of drug-likeness (QED) is 0.767. The van der Waals surface area contributed by atoms with Crippen LogP contribution in [0, 0.1) is 0 Å². The van der Waals surface area contributed by atoms with E-state index in [1.165, 1.54) is 0 Å². The molecule has 0 bridgehead atoms. The fraction of sp³-hybridized carbons (Fsp3) is 1.00. The van der Waals surface area contributed by atoms with E-state index >= 15 is 0 Å². The van der Waals surface area contributed by atoms with Gasteiger partial charge in [-0.1, -0.05) is 6.92 Å². The smallest absolute Gasteiger partial charge is 0.0714 e. The first-order chi connectivity index (χ1) is 7.16. The molecule has 0 aromatic rings. The monoisotopic (exact) mass is 214 g/mol. The molecule has 1 aliphatic heterocycles. The van der Waals surface area contributed by atoms with E-state index < -0.39 is 0 Å². The third kappa shape index (κ3) is 3.74.